The van der Waals surface area contributed by atoms with Gasteiger partial charge in [-0.05, 0) is 64.2 Å². The van der Waals surface area contributed by atoms with E-state index in [1.54, 1.807) is 0 Å². The van der Waals surface area contributed by atoms with E-state index in [9.17, 15) is 14.4 Å². The average molecular weight is 857 g/mol. The quantitative estimate of drug-likeness (QED) is 0.0199. The summed E-state index contributed by atoms with van der Waals surface area (Å²) >= 11 is 0. The molecule has 0 heterocycles. The molecule has 0 fully saturated rings. The molecule has 0 aromatic heterocycles. The zero-order valence-electron chi connectivity index (χ0n) is 40.7. The summed E-state index contributed by atoms with van der Waals surface area (Å²) in [5, 5.41) is 0. The molecule has 0 amide bonds. The van der Waals surface area contributed by atoms with Crippen molar-refractivity contribution >= 4 is 17.9 Å². The standard InChI is InChI=1S/C55H100O6/c1-4-7-10-13-16-19-21-23-25-26-27-28-30-31-33-36-39-42-45-48-54(57)60-51-52(50-59-53(56)47-44-41-38-35-18-15-12-9-6-3)61-55(58)49-46-43-40-37-34-32-29-24-22-20-17-14-11-8-5-2/h17,20,22,24,35,38,52H,4-16,18-19,21,23,25-34,36-37,39-51H2,1-3H3/b20-17-,24-22-,38-35-. The zero-order chi connectivity index (χ0) is 44.4. The Morgan fingerprint density at radius 1 is 0.328 bits per heavy atom. The Hall–Kier alpha value is -2.37. The molecule has 1 atom stereocenters. The van der Waals surface area contributed by atoms with Crippen LogP contribution >= 0.6 is 0 Å². The first-order valence-electron chi connectivity index (χ1n) is 26.5. The number of hydrogen-bond donors (Lipinski definition) is 0. The average Bonchev–Trinajstić information content (AvgIpc) is 3.26. The summed E-state index contributed by atoms with van der Waals surface area (Å²) < 4.78 is 16.7. The van der Waals surface area contributed by atoms with Gasteiger partial charge in [0.2, 0.25) is 0 Å². The molecule has 0 aliphatic heterocycles. The molecule has 6 nitrogen and oxygen atoms in total. The van der Waals surface area contributed by atoms with Crippen molar-refractivity contribution in [2.45, 2.75) is 284 Å². The van der Waals surface area contributed by atoms with Gasteiger partial charge in [-0.3, -0.25) is 14.4 Å². The Balaban J connectivity index is 4.28. The van der Waals surface area contributed by atoms with Crippen molar-refractivity contribution in [3.05, 3.63) is 36.5 Å². The summed E-state index contributed by atoms with van der Waals surface area (Å²) in [7, 11) is 0. The van der Waals surface area contributed by atoms with Crippen LogP contribution in [0.2, 0.25) is 0 Å². The number of esters is 3. The van der Waals surface area contributed by atoms with Crippen LogP contribution in [0.3, 0.4) is 0 Å². The lowest BCUT2D eigenvalue weighted by Crippen LogP contribution is -2.30. The molecule has 0 aromatic carbocycles. The van der Waals surface area contributed by atoms with Gasteiger partial charge in [-0.1, -0.05) is 231 Å². The van der Waals surface area contributed by atoms with Gasteiger partial charge in [-0.2, -0.15) is 0 Å². The second-order valence-corrected chi connectivity index (χ2v) is 17.8. The summed E-state index contributed by atoms with van der Waals surface area (Å²) in [6.45, 7) is 6.57. The largest absolute Gasteiger partial charge is 0.462 e. The predicted octanol–water partition coefficient (Wildman–Crippen LogP) is 17.3. The van der Waals surface area contributed by atoms with Gasteiger partial charge in [0.1, 0.15) is 13.2 Å². The van der Waals surface area contributed by atoms with Gasteiger partial charge in [-0.15, -0.1) is 0 Å². The van der Waals surface area contributed by atoms with Gasteiger partial charge in [0.25, 0.3) is 0 Å². The number of hydrogen-bond acceptors (Lipinski definition) is 6. The lowest BCUT2D eigenvalue weighted by atomic mass is 10.0. The molecule has 0 spiro atoms. The molecule has 0 saturated heterocycles. The third-order valence-electron chi connectivity index (χ3n) is 11.6. The molecule has 61 heavy (non-hydrogen) atoms. The molecular formula is C55H100O6. The number of ether oxygens (including phenoxy) is 3. The molecule has 0 aliphatic carbocycles. The zero-order valence-corrected chi connectivity index (χ0v) is 40.7. The van der Waals surface area contributed by atoms with E-state index in [0.29, 0.717) is 19.3 Å². The maximum absolute atomic E-state index is 12.8. The SMILES string of the molecule is CCCCC/C=C\C=C/CCCCCCCCC(=O)OC(COC(=O)CCC/C=C\CCCCCC)COC(=O)CCCCCCCCCCCCCCCCCCCCC. The highest BCUT2D eigenvalue weighted by atomic mass is 16.6. The topological polar surface area (TPSA) is 78.9 Å². The Morgan fingerprint density at radius 3 is 1.03 bits per heavy atom. The summed E-state index contributed by atoms with van der Waals surface area (Å²) in [4.78, 5) is 37.9. The van der Waals surface area contributed by atoms with Crippen LogP contribution in [0.4, 0.5) is 0 Å². The van der Waals surface area contributed by atoms with E-state index < -0.39 is 6.10 Å². The van der Waals surface area contributed by atoms with Crippen LogP contribution in [-0.2, 0) is 28.6 Å². The van der Waals surface area contributed by atoms with Crippen molar-refractivity contribution in [1.29, 1.82) is 0 Å². The molecule has 6 heteroatoms. The third kappa shape index (κ3) is 48.5. The number of unbranched alkanes of at least 4 members (excludes halogenated alkanes) is 32. The first-order valence-corrected chi connectivity index (χ1v) is 26.5. The summed E-state index contributed by atoms with van der Waals surface area (Å²) in [5.74, 6) is -0.921. The maximum Gasteiger partial charge on any atom is 0.306 e. The molecule has 0 N–H and O–H groups in total. The molecule has 0 aliphatic rings. The highest BCUT2D eigenvalue weighted by Crippen LogP contribution is 2.16. The minimum absolute atomic E-state index is 0.0825. The second kappa shape index (κ2) is 50.3. The van der Waals surface area contributed by atoms with E-state index in [4.69, 9.17) is 14.2 Å². The van der Waals surface area contributed by atoms with Crippen LogP contribution in [0.25, 0.3) is 0 Å². The van der Waals surface area contributed by atoms with Gasteiger partial charge in [0, 0.05) is 19.3 Å². The minimum atomic E-state index is -0.784. The fourth-order valence-electron chi connectivity index (χ4n) is 7.61. The molecule has 356 valence electrons. The summed E-state index contributed by atoms with van der Waals surface area (Å²) in [5.41, 5.74) is 0. The minimum Gasteiger partial charge on any atom is -0.462 e. The van der Waals surface area contributed by atoms with Crippen LogP contribution in [0.15, 0.2) is 36.5 Å². The van der Waals surface area contributed by atoms with Crippen molar-refractivity contribution in [2.75, 3.05) is 13.2 Å². The summed E-state index contributed by atoms with van der Waals surface area (Å²) in [6, 6.07) is 0. The van der Waals surface area contributed by atoms with Crippen molar-refractivity contribution in [3.63, 3.8) is 0 Å². The van der Waals surface area contributed by atoms with Crippen LogP contribution < -0.4 is 0 Å². The van der Waals surface area contributed by atoms with E-state index in [1.165, 1.54) is 173 Å². The number of rotatable bonds is 48. The summed E-state index contributed by atoms with van der Waals surface area (Å²) in [6.07, 6.45) is 58.6. The van der Waals surface area contributed by atoms with Crippen molar-refractivity contribution in [1.82, 2.24) is 0 Å². The Kier molecular flexibility index (Phi) is 48.3. The molecule has 0 rings (SSSR count). The predicted molar refractivity (Wildman–Crippen MR) is 261 cm³/mol. The Morgan fingerprint density at radius 2 is 0.607 bits per heavy atom. The van der Waals surface area contributed by atoms with Gasteiger partial charge in [-0.25, -0.2) is 0 Å². The molecule has 0 radical (unpaired) electrons. The van der Waals surface area contributed by atoms with Gasteiger partial charge < -0.3 is 14.2 Å². The van der Waals surface area contributed by atoms with Crippen molar-refractivity contribution in [2.24, 2.45) is 0 Å². The fourth-order valence-corrected chi connectivity index (χ4v) is 7.61. The van der Waals surface area contributed by atoms with E-state index in [1.807, 2.05) is 0 Å². The smallest absolute Gasteiger partial charge is 0.306 e. The highest BCUT2D eigenvalue weighted by molar-refractivity contribution is 5.71. The van der Waals surface area contributed by atoms with Gasteiger partial charge in [0.15, 0.2) is 6.10 Å². The van der Waals surface area contributed by atoms with Crippen LogP contribution in [0, 0.1) is 0 Å². The van der Waals surface area contributed by atoms with Crippen LogP contribution in [-0.4, -0.2) is 37.2 Å². The van der Waals surface area contributed by atoms with Gasteiger partial charge in [0.05, 0.1) is 0 Å². The van der Waals surface area contributed by atoms with E-state index >= 15 is 0 Å². The van der Waals surface area contributed by atoms with Crippen LogP contribution in [0.5, 0.6) is 0 Å². The number of carbonyl (C=O) groups is 3. The second-order valence-electron chi connectivity index (χ2n) is 17.8. The van der Waals surface area contributed by atoms with E-state index in [0.717, 1.165) is 64.2 Å². The van der Waals surface area contributed by atoms with E-state index in [2.05, 4.69) is 57.2 Å². The molecule has 0 aromatic rings. The first-order chi connectivity index (χ1) is 30.0. The van der Waals surface area contributed by atoms with Gasteiger partial charge >= 0.3 is 17.9 Å². The highest BCUT2D eigenvalue weighted by Gasteiger charge is 2.19. The molecule has 0 bridgehead atoms. The first kappa shape index (κ1) is 58.6. The Labute approximate surface area is 378 Å². The molecule has 1 unspecified atom stereocenters. The third-order valence-corrected chi connectivity index (χ3v) is 11.6. The van der Waals surface area contributed by atoms with Crippen molar-refractivity contribution < 1.29 is 28.6 Å². The number of carbonyl (C=O) groups excluding carboxylic acids is 3. The molecular weight excluding hydrogens is 757 g/mol. The normalized spacial score (nSPS) is 12.2. The van der Waals surface area contributed by atoms with Crippen molar-refractivity contribution in [3.8, 4) is 0 Å². The monoisotopic (exact) mass is 857 g/mol. The maximum atomic E-state index is 12.8. The lowest BCUT2D eigenvalue weighted by molar-refractivity contribution is -0.167. The molecule has 0 saturated carbocycles. The lowest BCUT2D eigenvalue weighted by Gasteiger charge is -2.18. The fraction of sp³-hybridized carbons (Fsp3) is 0.836. The Bertz CT molecular complexity index is 1030. The number of allylic oxidation sites excluding steroid dienone is 6. The van der Waals surface area contributed by atoms with Crippen LogP contribution in [0.1, 0.15) is 278 Å². The van der Waals surface area contributed by atoms with E-state index in [-0.39, 0.29) is 31.1 Å².